The third kappa shape index (κ3) is 51.7. The number of ether oxygens (including phenoxy) is 3. The van der Waals surface area contributed by atoms with E-state index in [9.17, 15) is 14.4 Å². The SMILES string of the molecule is CCCCC/C=C\C/C=C\C/C=C\CCCCCCCCC(=O)OCC(COC(=O)CCCCCCC/C=C\CCCCC)OC(=O)CCCCCCC/C=C\C/C=C\CCCCCC. The molecule has 0 aromatic rings. The third-order valence-electron chi connectivity index (χ3n) is 11.7. The molecule has 1 unspecified atom stereocenters. The molecule has 0 radical (unpaired) electrons. The number of carbonyl (C=O) groups excluding carboxylic acids is 3. The molecule has 0 aliphatic carbocycles. The average Bonchev–Trinajstić information content (AvgIpc) is 3.30. The molecule has 65 heavy (non-hydrogen) atoms. The van der Waals surface area contributed by atoms with Crippen LogP contribution < -0.4 is 0 Å². The van der Waals surface area contributed by atoms with Crippen LogP contribution in [0.15, 0.2) is 72.9 Å². The van der Waals surface area contributed by atoms with Crippen molar-refractivity contribution in [3.8, 4) is 0 Å². The van der Waals surface area contributed by atoms with Crippen LogP contribution in [0.2, 0.25) is 0 Å². The van der Waals surface area contributed by atoms with Crippen molar-refractivity contribution in [3.05, 3.63) is 72.9 Å². The van der Waals surface area contributed by atoms with Crippen molar-refractivity contribution in [1.29, 1.82) is 0 Å². The van der Waals surface area contributed by atoms with Crippen molar-refractivity contribution in [2.45, 2.75) is 271 Å². The molecule has 0 aliphatic heterocycles. The lowest BCUT2D eigenvalue weighted by Crippen LogP contribution is -2.30. The van der Waals surface area contributed by atoms with Crippen molar-refractivity contribution in [1.82, 2.24) is 0 Å². The fourth-order valence-corrected chi connectivity index (χ4v) is 7.47. The van der Waals surface area contributed by atoms with Gasteiger partial charge in [-0.2, -0.15) is 0 Å². The van der Waals surface area contributed by atoms with Gasteiger partial charge in [0, 0.05) is 19.3 Å². The summed E-state index contributed by atoms with van der Waals surface area (Å²) in [4.78, 5) is 38.0. The van der Waals surface area contributed by atoms with Crippen molar-refractivity contribution in [2.24, 2.45) is 0 Å². The van der Waals surface area contributed by atoms with Crippen LogP contribution >= 0.6 is 0 Å². The van der Waals surface area contributed by atoms with Gasteiger partial charge >= 0.3 is 17.9 Å². The first kappa shape index (κ1) is 61.9. The Morgan fingerprint density at radius 3 is 0.908 bits per heavy atom. The first-order valence-corrected chi connectivity index (χ1v) is 27.4. The van der Waals surface area contributed by atoms with Crippen LogP contribution in [-0.4, -0.2) is 37.2 Å². The summed E-state index contributed by atoms with van der Waals surface area (Å²) < 4.78 is 16.8. The van der Waals surface area contributed by atoms with Crippen LogP contribution in [0.1, 0.15) is 265 Å². The molecule has 0 saturated heterocycles. The highest BCUT2D eigenvalue weighted by Gasteiger charge is 2.19. The summed E-state index contributed by atoms with van der Waals surface area (Å²) >= 11 is 0. The van der Waals surface area contributed by atoms with E-state index >= 15 is 0 Å². The molecule has 0 fully saturated rings. The van der Waals surface area contributed by atoms with Crippen LogP contribution in [0.25, 0.3) is 0 Å². The second-order valence-electron chi connectivity index (χ2n) is 18.1. The van der Waals surface area contributed by atoms with Crippen LogP contribution in [0.3, 0.4) is 0 Å². The monoisotopic (exact) mass is 907 g/mol. The molecule has 0 aliphatic rings. The van der Waals surface area contributed by atoms with E-state index in [0.29, 0.717) is 19.3 Å². The van der Waals surface area contributed by atoms with E-state index in [2.05, 4.69) is 93.7 Å². The summed E-state index contributed by atoms with van der Waals surface area (Å²) in [5.74, 6) is -0.921. The molecule has 0 rings (SSSR count). The number of carbonyl (C=O) groups is 3. The van der Waals surface area contributed by atoms with Gasteiger partial charge in [-0.15, -0.1) is 0 Å². The topological polar surface area (TPSA) is 78.9 Å². The van der Waals surface area contributed by atoms with E-state index in [0.717, 1.165) is 109 Å². The fourth-order valence-electron chi connectivity index (χ4n) is 7.47. The zero-order chi connectivity index (χ0) is 47.2. The van der Waals surface area contributed by atoms with Gasteiger partial charge in [-0.3, -0.25) is 14.4 Å². The van der Waals surface area contributed by atoms with Crippen molar-refractivity contribution in [2.75, 3.05) is 13.2 Å². The number of unbranched alkanes of at least 4 members (excludes halogenated alkanes) is 26. The predicted octanol–water partition coefficient (Wildman–Crippen LogP) is 18.2. The lowest BCUT2D eigenvalue weighted by molar-refractivity contribution is -0.167. The van der Waals surface area contributed by atoms with Gasteiger partial charge in [-0.1, -0.05) is 203 Å². The highest BCUT2D eigenvalue weighted by molar-refractivity contribution is 5.71. The first-order chi connectivity index (χ1) is 32.0. The summed E-state index contributed by atoms with van der Waals surface area (Å²) in [5.41, 5.74) is 0. The quantitative estimate of drug-likeness (QED) is 0.0262. The number of hydrogen-bond acceptors (Lipinski definition) is 6. The maximum atomic E-state index is 12.8. The van der Waals surface area contributed by atoms with E-state index in [1.165, 1.54) is 116 Å². The Labute approximate surface area is 402 Å². The number of rotatable bonds is 49. The number of hydrogen-bond donors (Lipinski definition) is 0. The van der Waals surface area contributed by atoms with Crippen molar-refractivity contribution < 1.29 is 28.6 Å². The van der Waals surface area contributed by atoms with Gasteiger partial charge in [0.25, 0.3) is 0 Å². The predicted molar refractivity (Wildman–Crippen MR) is 279 cm³/mol. The van der Waals surface area contributed by atoms with Crippen LogP contribution in [-0.2, 0) is 28.6 Å². The second-order valence-corrected chi connectivity index (χ2v) is 18.1. The summed E-state index contributed by atoms with van der Waals surface area (Å²) in [5, 5.41) is 0. The highest BCUT2D eigenvalue weighted by atomic mass is 16.6. The second kappa shape index (κ2) is 53.5. The molecule has 6 nitrogen and oxygen atoms in total. The van der Waals surface area contributed by atoms with Crippen molar-refractivity contribution in [3.63, 3.8) is 0 Å². The zero-order valence-electron chi connectivity index (χ0n) is 42.7. The third-order valence-corrected chi connectivity index (χ3v) is 11.7. The highest BCUT2D eigenvalue weighted by Crippen LogP contribution is 2.14. The van der Waals surface area contributed by atoms with Gasteiger partial charge in [0.2, 0.25) is 0 Å². The van der Waals surface area contributed by atoms with E-state index in [1.54, 1.807) is 0 Å². The van der Waals surface area contributed by atoms with Crippen LogP contribution in [0.4, 0.5) is 0 Å². The summed E-state index contributed by atoms with van der Waals surface area (Å²) in [6, 6.07) is 0. The Kier molecular flexibility index (Phi) is 50.9. The molecule has 0 N–H and O–H groups in total. The van der Waals surface area contributed by atoms with Gasteiger partial charge in [-0.05, 0) is 116 Å². The Balaban J connectivity index is 4.42. The molecule has 1 atom stereocenters. The summed E-state index contributed by atoms with van der Waals surface area (Å²) in [6.07, 6.45) is 67.4. The molecule has 0 amide bonds. The van der Waals surface area contributed by atoms with E-state index in [-0.39, 0.29) is 31.1 Å². The van der Waals surface area contributed by atoms with Gasteiger partial charge in [0.1, 0.15) is 13.2 Å². The van der Waals surface area contributed by atoms with Crippen molar-refractivity contribution >= 4 is 17.9 Å². The lowest BCUT2D eigenvalue weighted by atomic mass is 10.1. The average molecular weight is 907 g/mol. The maximum absolute atomic E-state index is 12.8. The molecule has 0 bridgehead atoms. The number of esters is 3. The molecule has 374 valence electrons. The Hall–Kier alpha value is -3.15. The smallest absolute Gasteiger partial charge is 0.306 e. The Bertz CT molecular complexity index is 1230. The normalized spacial score (nSPS) is 12.6. The molecule has 0 heterocycles. The first-order valence-electron chi connectivity index (χ1n) is 27.4. The molecule has 0 spiro atoms. The van der Waals surface area contributed by atoms with Crippen LogP contribution in [0, 0.1) is 0 Å². The molecular weight excluding hydrogens is 805 g/mol. The Morgan fingerprint density at radius 1 is 0.308 bits per heavy atom. The molecule has 0 aromatic carbocycles. The summed E-state index contributed by atoms with van der Waals surface area (Å²) in [6.45, 7) is 6.55. The molecular formula is C59H102O6. The minimum absolute atomic E-state index is 0.0898. The van der Waals surface area contributed by atoms with E-state index in [4.69, 9.17) is 14.2 Å². The molecule has 6 heteroatoms. The number of allylic oxidation sites excluding steroid dienone is 12. The summed E-state index contributed by atoms with van der Waals surface area (Å²) in [7, 11) is 0. The van der Waals surface area contributed by atoms with Gasteiger partial charge in [-0.25, -0.2) is 0 Å². The van der Waals surface area contributed by atoms with Gasteiger partial charge in [0.05, 0.1) is 0 Å². The van der Waals surface area contributed by atoms with Crippen LogP contribution in [0.5, 0.6) is 0 Å². The lowest BCUT2D eigenvalue weighted by Gasteiger charge is -2.18. The Morgan fingerprint density at radius 2 is 0.554 bits per heavy atom. The minimum atomic E-state index is -0.791. The largest absolute Gasteiger partial charge is 0.462 e. The fraction of sp³-hybridized carbons (Fsp3) is 0.746. The molecule has 0 saturated carbocycles. The molecule has 0 aromatic heterocycles. The van der Waals surface area contributed by atoms with E-state index in [1.807, 2.05) is 0 Å². The van der Waals surface area contributed by atoms with Gasteiger partial charge < -0.3 is 14.2 Å². The van der Waals surface area contributed by atoms with E-state index < -0.39 is 6.10 Å². The minimum Gasteiger partial charge on any atom is -0.462 e. The standard InChI is InChI=1S/C59H102O6/c1-4-7-10-13-16-19-22-25-27-29-30-31-33-34-37-40-43-46-49-52-58(61)64-55-56(54-63-57(60)51-48-45-42-39-36-24-21-18-15-12-9-6-3)65-59(62)53-50-47-44-41-38-35-32-28-26-23-20-17-14-11-8-5-2/h16,18-21,23,25,27-28,30-32,56H,4-15,17,22,24,26,29,33-55H2,1-3H3/b19-16-,21-18-,23-20-,27-25-,31-30-,32-28-. The van der Waals surface area contributed by atoms with Gasteiger partial charge in [0.15, 0.2) is 6.10 Å². The zero-order valence-corrected chi connectivity index (χ0v) is 42.7. The maximum Gasteiger partial charge on any atom is 0.306 e.